The Balaban J connectivity index is 1.77. The monoisotopic (exact) mass is 336 g/mol. The third-order valence-corrected chi connectivity index (χ3v) is 4.95. The van der Waals surface area contributed by atoms with Crippen molar-refractivity contribution in [2.75, 3.05) is 0 Å². The summed E-state index contributed by atoms with van der Waals surface area (Å²) in [6.45, 7) is 2.24. The van der Waals surface area contributed by atoms with Gasteiger partial charge in [0.2, 0.25) is 0 Å². The molecule has 0 spiro atoms. The largest absolute Gasteiger partial charge is 0.416 e. The summed E-state index contributed by atoms with van der Waals surface area (Å²) in [5.74, 6) is 7.57. The third kappa shape index (κ3) is 6.23. The number of hydrogen-bond acceptors (Lipinski definition) is 0. The van der Waals surface area contributed by atoms with E-state index in [0.717, 1.165) is 30.9 Å². The molecule has 1 aromatic rings. The molecule has 24 heavy (non-hydrogen) atoms. The first-order valence-electron chi connectivity index (χ1n) is 9.18. The summed E-state index contributed by atoms with van der Waals surface area (Å²) >= 11 is 0. The summed E-state index contributed by atoms with van der Waals surface area (Å²) in [6.07, 6.45) is 7.15. The number of hydrogen-bond donors (Lipinski definition) is 0. The van der Waals surface area contributed by atoms with Crippen molar-refractivity contribution in [2.45, 2.75) is 70.9 Å². The zero-order valence-corrected chi connectivity index (χ0v) is 14.5. The molecule has 0 heterocycles. The minimum absolute atomic E-state index is 0.402. The Hall–Kier alpha value is -1.43. The van der Waals surface area contributed by atoms with E-state index >= 15 is 0 Å². The van der Waals surface area contributed by atoms with E-state index in [2.05, 4.69) is 18.8 Å². The SMILES string of the molecule is CCCCCC[C@H]1CC[C@H](C#Cc2ccc(C(F)(F)F)cc2)CC1. The van der Waals surface area contributed by atoms with Gasteiger partial charge in [0.25, 0.3) is 0 Å². The minimum atomic E-state index is -4.28. The van der Waals surface area contributed by atoms with Gasteiger partial charge in [0.15, 0.2) is 0 Å². The molecule has 0 nitrogen and oxygen atoms in total. The molecular formula is C21H27F3. The Morgan fingerprint density at radius 1 is 0.958 bits per heavy atom. The second-order valence-corrected chi connectivity index (χ2v) is 6.91. The maximum absolute atomic E-state index is 12.5. The maximum Gasteiger partial charge on any atom is 0.416 e. The molecule has 2 rings (SSSR count). The molecule has 0 amide bonds. The van der Waals surface area contributed by atoms with Crippen LogP contribution in [-0.2, 0) is 6.18 Å². The lowest BCUT2D eigenvalue weighted by atomic mass is 9.80. The summed E-state index contributed by atoms with van der Waals surface area (Å²) in [7, 11) is 0. The van der Waals surface area contributed by atoms with Crippen LogP contribution in [0.25, 0.3) is 0 Å². The average Bonchev–Trinajstić information content (AvgIpc) is 2.57. The average molecular weight is 336 g/mol. The van der Waals surface area contributed by atoms with Gasteiger partial charge in [-0.15, -0.1) is 0 Å². The summed E-state index contributed by atoms with van der Waals surface area (Å²) < 4.78 is 37.6. The molecule has 0 radical (unpaired) electrons. The van der Waals surface area contributed by atoms with E-state index in [9.17, 15) is 13.2 Å². The Labute approximate surface area is 143 Å². The van der Waals surface area contributed by atoms with Gasteiger partial charge in [-0.1, -0.05) is 50.9 Å². The van der Waals surface area contributed by atoms with E-state index in [-0.39, 0.29) is 0 Å². The molecule has 1 fully saturated rings. The molecule has 0 aliphatic heterocycles. The summed E-state index contributed by atoms with van der Waals surface area (Å²) in [6, 6.07) is 5.15. The fourth-order valence-electron chi connectivity index (χ4n) is 3.38. The zero-order chi connectivity index (χ0) is 17.4. The quantitative estimate of drug-likeness (QED) is 0.408. The van der Waals surface area contributed by atoms with Gasteiger partial charge in [-0.3, -0.25) is 0 Å². The molecule has 1 saturated carbocycles. The molecule has 1 aromatic carbocycles. The second-order valence-electron chi connectivity index (χ2n) is 6.91. The Morgan fingerprint density at radius 2 is 1.62 bits per heavy atom. The molecule has 3 heteroatoms. The van der Waals surface area contributed by atoms with E-state index in [0.29, 0.717) is 11.5 Å². The maximum atomic E-state index is 12.5. The zero-order valence-electron chi connectivity index (χ0n) is 14.5. The van der Waals surface area contributed by atoms with Gasteiger partial charge in [0.1, 0.15) is 0 Å². The Bertz CT molecular complexity index is 537. The van der Waals surface area contributed by atoms with Gasteiger partial charge in [-0.2, -0.15) is 13.2 Å². The number of unbranched alkanes of at least 4 members (excludes halogenated alkanes) is 3. The van der Waals surface area contributed by atoms with Crippen LogP contribution in [0.5, 0.6) is 0 Å². The highest BCUT2D eigenvalue weighted by Gasteiger charge is 2.29. The number of benzene rings is 1. The lowest BCUT2D eigenvalue weighted by molar-refractivity contribution is -0.137. The molecule has 0 N–H and O–H groups in total. The predicted molar refractivity (Wildman–Crippen MR) is 92.5 cm³/mol. The Kier molecular flexibility index (Phi) is 7.21. The van der Waals surface area contributed by atoms with Crippen molar-refractivity contribution in [1.82, 2.24) is 0 Å². The number of rotatable bonds is 5. The van der Waals surface area contributed by atoms with Crippen molar-refractivity contribution in [2.24, 2.45) is 11.8 Å². The third-order valence-electron chi connectivity index (χ3n) is 4.95. The summed E-state index contributed by atoms with van der Waals surface area (Å²) in [4.78, 5) is 0. The van der Waals surface area contributed by atoms with Gasteiger partial charge in [0.05, 0.1) is 5.56 Å². The standard InChI is InChI=1S/C21H27F3/c1-2-3-4-5-6-17-7-9-18(10-8-17)11-12-19-13-15-20(16-14-19)21(22,23)24/h13-18H,2-10H2,1H3/t17-,18-. The van der Waals surface area contributed by atoms with Crippen LogP contribution in [0, 0.1) is 23.7 Å². The number of halogens is 3. The van der Waals surface area contributed by atoms with Gasteiger partial charge in [-0.25, -0.2) is 0 Å². The molecule has 1 aliphatic carbocycles. The highest BCUT2D eigenvalue weighted by molar-refractivity contribution is 5.37. The molecule has 0 atom stereocenters. The van der Waals surface area contributed by atoms with Crippen LogP contribution >= 0.6 is 0 Å². The first-order chi connectivity index (χ1) is 11.5. The van der Waals surface area contributed by atoms with Crippen molar-refractivity contribution >= 4 is 0 Å². The normalized spacial score (nSPS) is 21.2. The van der Waals surface area contributed by atoms with Crippen LogP contribution in [0.1, 0.15) is 75.8 Å². The molecule has 1 aliphatic rings. The molecule has 0 saturated heterocycles. The van der Waals surface area contributed by atoms with Crippen LogP contribution in [0.4, 0.5) is 13.2 Å². The van der Waals surface area contributed by atoms with Crippen molar-refractivity contribution in [3.63, 3.8) is 0 Å². The predicted octanol–water partition coefficient (Wildman–Crippen LogP) is 6.83. The summed E-state index contributed by atoms with van der Waals surface area (Å²) in [5.41, 5.74) is 0.0568. The lowest BCUT2D eigenvalue weighted by Crippen LogP contribution is -2.13. The molecule has 0 bridgehead atoms. The highest BCUT2D eigenvalue weighted by atomic mass is 19.4. The van der Waals surface area contributed by atoms with E-state index in [4.69, 9.17) is 0 Å². The number of alkyl halides is 3. The lowest BCUT2D eigenvalue weighted by Gasteiger charge is -2.25. The van der Waals surface area contributed by atoms with Crippen molar-refractivity contribution < 1.29 is 13.2 Å². The first-order valence-corrected chi connectivity index (χ1v) is 9.18. The summed E-state index contributed by atoms with van der Waals surface area (Å²) in [5, 5.41) is 0. The van der Waals surface area contributed by atoms with E-state index in [1.165, 1.54) is 57.1 Å². The van der Waals surface area contributed by atoms with Crippen molar-refractivity contribution in [3.8, 4) is 11.8 Å². The first kappa shape index (κ1) is 18.9. The van der Waals surface area contributed by atoms with Gasteiger partial charge in [0, 0.05) is 11.5 Å². The topological polar surface area (TPSA) is 0 Å². The van der Waals surface area contributed by atoms with Gasteiger partial charge >= 0.3 is 6.18 Å². The molecular weight excluding hydrogens is 309 g/mol. The Morgan fingerprint density at radius 3 is 2.21 bits per heavy atom. The van der Waals surface area contributed by atoms with E-state index in [1.807, 2.05) is 0 Å². The van der Waals surface area contributed by atoms with E-state index < -0.39 is 11.7 Å². The van der Waals surface area contributed by atoms with Crippen LogP contribution in [0.2, 0.25) is 0 Å². The molecule has 0 aromatic heterocycles. The fourth-order valence-corrected chi connectivity index (χ4v) is 3.38. The fraction of sp³-hybridized carbons (Fsp3) is 0.619. The van der Waals surface area contributed by atoms with Crippen LogP contribution in [0.3, 0.4) is 0 Å². The van der Waals surface area contributed by atoms with Crippen molar-refractivity contribution in [3.05, 3.63) is 35.4 Å². The van der Waals surface area contributed by atoms with Gasteiger partial charge < -0.3 is 0 Å². The molecule has 132 valence electrons. The smallest absolute Gasteiger partial charge is 0.166 e. The van der Waals surface area contributed by atoms with Crippen LogP contribution < -0.4 is 0 Å². The highest BCUT2D eigenvalue weighted by Crippen LogP contribution is 2.32. The second kappa shape index (κ2) is 9.16. The van der Waals surface area contributed by atoms with E-state index in [1.54, 1.807) is 0 Å². The van der Waals surface area contributed by atoms with Crippen LogP contribution in [-0.4, -0.2) is 0 Å². The minimum Gasteiger partial charge on any atom is -0.166 e. The van der Waals surface area contributed by atoms with Crippen LogP contribution in [0.15, 0.2) is 24.3 Å². The van der Waals surface area contributed by atoms with Crippen molar-refractivity contribution in [1.29, 1.82) is 0 Å². The molecule has 0 unspecified atom stereocenters. The van der Waals surface area contributed by atoms with Gasteiger partial charge in [-0.05, 0) is 55.9 Å².